The minimum Gasteiger partial charge on any atom is -0.508 e. The maximum atomic E-state index is 13.2. The zero-order valence-electron chi connectivity index (χ0n) is 20.3. The molecule has 2 saturated heterocycles. The summed E-state index contributed by atoms with van der Waals surface area (Å²) in [5.41, 5.74) is 5.08. The predicted molar refractivity (Wildman–Crippen MR) is 129 cm³/mol. The van der Waals surface area contributed by atoms with Gasteiger partial charge in [-0.3, -0.25) is 14.5 Å². The van der Waals surface area contributed by atoms with Crippen molar-refractivity contribution in [2.24, 2.45) is 23.7 Å². The van der Waals surface area contributed by atoms with Gasteiger partial charge in [-0.15, -0.1) is 0 Å². The van der Waals surface area contributed by atoms with Crippen molar-refractivity contribution in [3.8, 4) is 5.75 Å². The number of fused-ring (bicyclic) bond motifs is 3. The van der Waals surface area contributed by atoms with Crippen LogP contribution in [0.4, 0.5) is 0 Å². The molecule has 1 aromatic carbocycles. The molecule has 1 aromatic rings. The Morgan fingerprint density at radius 2 is 1.88 bits per heavy atom. The molecule has 2 fully saturated rings. The fourth-order valence-electron chi connectivity index (χ4n) is 5.94. The molecule has 3 aliphatic rings. The Morgan fingerprint density at radius 1 is 1.15 bits per heavy atom. The molecule has 4 atom stereocenters. The van der Waals surface area contributed by atoms with E-state index in [0.717, 1.165) is 31.2 Å². The van der Waals surface area contributed by atoms with Crippen molar-refractivity contribution >= 4 is 17.9 Å². The van der Waals surface area contributed by atoms with Gasteiger partial charge in [0.15, 0.2) is 0 Å². The largest absolute Gasteiger partial charge is 0.508 e. The Balaban J connectivity index is 1.55. The molecular formula is C28H37NO4. The van der Waals surface area contributed by atoms with Gasteiger partial charge in [0.05, 0.1) is 24.5 Å². The molecule has 2 heterocycles. The molecule has 1 N–H and O–H groups in total. The highest BCUT2D eigenvalue weighted by atomic mass is 16.5. The first-order valence-electron chi connectivity index (χ1n) is 12.5. The molecule has 1 aliphatic carbocycles. The highest BCUT2D eigenvalue weighted by molar-refractivity contribution is 6.05. The molecule has 0 bridgehead atoms. The summed E-state index contributed by atoms with van der Waals surface area (Å²) in [5.74, 6) is 0.240. The van der Waals surface area contributed by atoms with Gasteiger partial charge in [-0.1, -0.05) is 57.0 Å². The van der Waals surface area contributed by atoms with Gasteiger partial charge in [-0.05, 0) is 61.3 Å². The van der Waals surface area contributed by atoms with Gasteiger partial charge in [0.1, 0.15) is 5.75 Å². The number of likely N-dealkylation sites (tertiary alicyclic amines) is 1. The van der Waals surface area contributed by atoms with Crippen LogP contribution in [0.5, 0.6) is 5.75 Å². The van der Waals surface area contributed by atoms with E-state index in [9.17, 15) is 14.7 Å². The molecular weight excluding hydrogens is 414 g/mol. The molecule has 4 rings (SSSR count). The minimum absolute atomic E-state index is 0.0166. The van der Waals surface area contributed by atoms with Crippen LogP contribution in [0.15, 0.2) is 41.0 Å². The topological polar surface area (TPSA) is 66.8 Å². The van der Waals surface area contributed by atoms with E-state index < -0.39 is 0 Å². The van der Waals surface area contributed by atoms with E-state index in [1.54, 1.807) is 12.1 Å². The number of hydrogen-bond acceptors (Lipinski definition) is 4. The fraction of sp³-hybridized carbons (Fsp3) is 0.571. The highest BCUT2D eigenvalue weighted by Crippen LogP contribution is 2.51. The predicted octanol–water partition coefficient (Wildman–Crippen LogP) is 5.35. The maximum absolute atomic E-state index is 13.2. The Hall–Kier alpha value is -2.40. The standard InChI is InChI=1S/C28H37NO4/c1-5-13-29-27(31)22-15-21(17(3)4)25-23(26(22)28(29)32)16-33-24(25)12-9-18(6-2)14-19-7-10-20(30)11-8-19/h7-8,10-11,14,17,22-24,26,30H,5-6,9,12-13,15-16H2,1-4H3/b18-14+/t22-,23+,24-,26-/m1/s1. The highest BCUT2D eigenvalue weighted by Gasteiger charge is 2.56. The fourth-order valence-corrected chi connectivity index (χ4v) is 5.94. The molecule has 2 amide bonds. The summed E-state index contributed by atoms with van der Waals surface area (Å²) < 4.78 is 6.33. The molecule has 5 nitrogen and oxygen atoms in total. The second kappa shape index (κ2) is 9.84. The Kier molecular flexibility index (Phi) is 7.08. The molecule has 0 saturated carbocycles. The van der Waals surface area contributed by atoms with E-state index in [-0.39, 0.29) is 41.4 Å². The van der Waals surface area contributed by atoms with E-state index in [0.29, 0.717) is 25.5 Å². The van der Waals surface area contributed by atoms with Gasteiger partial charge in [0, 0.05) is 12.5 Å². The Morgan fingerprint density at radius 3 is 2.52 bits per heavy atom. The Labute approximate surface area is 197 Å². The first-order chi connectivity index (χ1) is 15.8. The molecule has 5 heteroatoms. The summed E-state index contributed by atoms with van der Waals surface area (Å²) in [6.07, 6.45) is 6.48. The average molecular weight is 452 g/mol. The number of allylic oxidation sites excluding steroid dienone is 2. The third-order valence-electron chi connectivity index (χ3n) is 7.63. The number of phenolic OH excluding ortho intramolecular Hbond substituents is 1. The van der Waals surface area contributed by atoms with Crippen LogP contribution in [0.1, 0.15) is 65.4 Å². The number of hydrogen-bond donors (Lipinski definition) is 1. The van der Waals surface area contributed by atoms with Crippen LogP contribution >= 0.6 is 0 Å². The quantitative estimate of drug-likeness (QED) is 0.427. The molecule has 0 unspecified atom stereocenters. The number of carbonyl (C=O) groups excluding carboxylic acids is 2. The number of benzene rings is 1. The molecule has 0 spiro atoms. The van der Waals surface area contributed by atoms with Crippen molar-refractivity contribution in [1.29, 1.82) is 0 Å². The third-order valence-corrected chi connectivity index (χ3v) is 7.63. The van der Waals surface area contributed by atoms with Crippen LogP contribution in [0.3, 0.4) is 0 Å². The number of nitrogens with zero attached hydrogens (tertiary/aromatic N) is 1. The summed E-state index contributed by atoms with van der Waals surface area (Å²) in [6, 6.07) is 7.28. The number of ether oxygens (including phenoxy) is 1. The van der Waals surface area contributed by atoms with Crippen LogP contribution < -0.4 is 0 Å². The zero-order chi connectivity index (χ0) is 23.7. The number of phenols is 1. The van der Waals surface area contributed by atoms with E-state index >= 15 is 0 Å². The SMILES string of the molecule is CCCN1C(=O)[C@@H]2[C@@H](CC(C(C)C)=C3[C@@H](CC/C(=C/c4ccc(O)cc4)CC)OC[C@@H]32)C1=O. The monoisotopic (exact) mass is 451 g/mol. The van der Waals surface area contributed by atoms with Crippen LogP contribution in [0, 0.1) is 23.7 Å². The summed E-state index contributed by atoms with van der Waals surface area (Å²) in [4.78, 5) is 27.8. The van der Waals surface area contributed by atoms with Gasteiger partial charge < -0.3 is 9.84 Å². The van der Waals surface area contributed by atoms with Crippen LogP contribution in [0.25, 0.3) is 6.08 Å². The summed E-state index contributed by atoms with van der Waals surface area (Å²) >= 11 is 0. The first kappa shape index (κ1) is 23.7. The summed E-state index contributed by atoms with van der Waals surface area (Å²) in [7, 11) is 0. The smallest absolute Gasteiger partial charge is 0.233 e. The minimum atomic E-state index is -0.246. The summed E-state index contributed by atoms with van der Waals surface area (Å²) in [6.45, 7) is 9.64. The van der Waals surface area contributed by atoms with E-state index in [2.05, 4.69) is 26.8 Å². The number of aromatic hydroxyl groups is 1. The molecule has 0 aromatic heterocycles. The van der Waals surface area contributed by atoms with E-state index in [4.69, 9.17) is 4.74 Å². The first-order valence-corrected chi connectivity index (χ1v) is 12.5. The van der Waals surface area contributed by atoms with Gasteiger partial charge in [-0.2, -0.15) is 0 Å². The Bertz CT molecular complexity index is 959. The van der Waals surface area contributed by atoms with Crippen LogP contribution in [-0.2, 0) is 14.3 Å². The van der Waals surface area contributed by atoms with Gasteiger partial charge in [0.25, 0.3) is 0 Å². The van der Waals surface area contributed by atoms with Gasteiger partial charge in [0.2, 0.25) is 11.8 Å². The zero-order valence-corrected chi connectivity index (χ0v) is 20.3. The number of rotatable bonds is 8. The van der Waals surface area contributed by atoms with Crippen molar-refractivity contribution in [2.75, 3.05) is 13.2 Å². The molecule has 2 aliphatic heterocycles. The number of carbonyl (C=O) groups is 2. The molecule has 33 heavy (non-hydrogen) atoms. The summed E-state index contributed by atoms with van der Waals surface area (Å²) in [5, 5.41) is 9.53. The van der Waals surface area contributed by atoms with E-state index in [1.165, 1.54) is 21.6 Å². The van der Waals surface area contributed by atoms with Crippen molar-refractivity contribution in [1.82, 2.24) is 4.90 Å². The third kappa shape index (κ3) is 4.52. The second-order valence-corrected chi connectivity index (χ2v) is 10.0. The second-order valence-electron chi connectivity index (χ2n) is 10.0. The van der Waals surface area contributed by atoms with Crippen molar-refractivity contribution in [2.45, 2.75) is 65.9 Å². The molecule has 178 valence electrons. The maximum Gasteiger partial charge on any atom is 0.233 e. The normalized spacial score (nSPS) is 27.5. The van der Waals surface area contributed by atoms with Crippen molar-refractivity contribution in [3.63, 3.8) is 0 Å². The van der Waals surface area contributed by atoms with Crippen molar-refractivity contribution < 1.29 is 19.4 Å². The number of imide groups is 1. The van der Waals surface area contributed by atoms with Gasteiger partial charge in [-0.25, -0.2) is 0 Å². The van der Waals surface area contributed by atoms with Crippen molar-refractivity contribution in [3.05, 3.63) is 46.5 Å². The lowest BCUT2D eigenvalue weighted by Gasteiger charge is -2.33. The average Bonchev–Trinajstić information content (AvgIpc) is 3.32. The van der Waals surface area contributed by atoms with E-state index in [1.807, 2.05) is 19.1 Å². The lowest BCUT2D eigenvalue weighted by Crippen LogP contribution is -2.35. The van der Waals surface area contributed by atoms with Crippen LogP contribution in [0.2, 0.25) is 0 Å². The van der Waals surface area contributed by atoms with Crippen LogP contribution in [-0.4, -0.2) is 41.1 Å². The van der Waals surface area contributed by atoms with Gasteiger partial charge >= 0.3 is 0 Å². The number of amides is 2. The lowest BCUT2D eigenvalue weighted by molar-refractivity contribution is -0.140. The lowest BCUT2D eigenvalue weighted by atomic mass is 9.67. The molecule has 0 radical (unpaired) electrons.